The minimum absolute atomic E-state index is 0.0711. The van der Waals surface area contributed by atoms with E-state index in [4.69, 9.17) is 4.74 Å². The van der Waals surface area contributed by atoms with Crippen LogP contribution >= 0.6 is 0 Å². The van der Waals surface area contributed by atoms with Crippen LogP contribution in [0.4, 0.5) is 0 Å². The van der Waals surface area contributed by atoms with Crippen LogP contribution in [0, 0.1) is 0 Å². The molecule has 5 nitrogen and oxygen atoms in total. The standard InChI is InChI=1S/C19H25N3O2/c1-3-22-18(14-8-7-11-16(12-14)24-2)13-17(21-22)19(23)20-15-9-5-4-6-10-15/h7-8,11-13,15H,3-6,9-10H2,1-2H3,(H,20,23). The van der Waals surface area contributed by atoms with E-state index in [0.717, 1.165) is 29.8 Å². The van der Waals surface area contributed by atoms with E-state index in [1.165, 1.54) is 19.3 Å². The lowest BCUT2D eigenvalue weighted by Crippen LogP contribution is -2.36. The fraction of sp³-hybridized carbons (Fsp3) is 0.474. The number of hydrogen-bond donors (Lipinski definition) is 1. The van der Waals surface area contributed by atoms with Gasteiger partial charge in [-0.25, -0.2) is 0 Å². The quantitative estimate of drug-likeness (QED) is 0.912. The van der Waals surface area contributed by atoms with Gasteiger partial charge in [0.2, 0.25) is 0 Å². The number of hydrogen-bond acceptors (Lipinski definition) is 3. The summed E-state index contributed by atoms with van der Waals surface area (Å²) in [6, 6.07) is 9.99. The second-order valence-corrected chi connectivity index (χ2v) is 6.27. The van der Waals surface area contributed by atoms with Crippen LogP contribution in [0.1, 0.15) is 49.5 Å². The summed E-state index contributed by atoms with van der Waals surface area (Å²) in [7, 11) is 1.65. The van der Waals surface area contributed by atoms with Gasteiger partial charge < -0.3 is 10.1 Å². The smallest absolute Gasteiger partial charge is 0.272 e. The number of carbonyl (C=O) groups excluding carboxylic acids is 1. The predicted molar refractivity (Wildman–Crippen MR) is 94.2 cm³/mol. The van der Waals surface area contributed by atoms with E-state index in [2.05, 4.69) is 10.4 Å². The second-order valence-electron chi connectivity index (χ2n) is 6.27. The third kappa shape index (κ3) is 3.61. The molecule has 1 saturated carbocycles. The van der Waals surface area contributed by atoms with Gasteiger partial charge in [-0.3, -0.25) is 9.48 Å². The Bertz CT molecular complexity index is 702. The van der Waals surface area contributed by atoms with E-state index in [1.54, 1.807) is 7.11 Å². The molecule has 1 aliphatic carbocycles. The van der Waals surface area contributed by atoms with Crippen molar-refractivity contribution in [2.75, 3.05) is 7.11 Å². The number of methoxy groups -OCH3 is 1. The molecule has 1 aromatic carbocycles. The third-order valence-corrected chi connectivity index (χ3v) is 4.62. The predicted octanol–water partition coefficient (Wildman–Crippen LogP) is 3.64. The highest BCUT2D eigenvalue weighted by Gasteiger charge is 2.20. The van der Waals surface area contributed by atoms with E-state index < -0.39 is 0 Å². The molecule has 5 heteroatoms. The zero-order chi connectivity index (χ0) is 16.9. The summed E-state index contributed by atoms with van der Waals surface area (Å²) in [6.45, 7) is 2.74. The zero-order valence-corrected chi connectivity index (χ0v) is 14.4. The molecule has 24 heavy (non-hydrogen) atoms. The monoisotopic (exact) mass is 327 g/mol. The molecule has 1 aromatic heterocycles. The molecule has 1 heterocycles. The van der Waals surface area contributed by atoms with Crippen LogP contribution in [0.3, 0.4) is 0 Å². The fourth-order valence-electron chi connectivity index (χ4n) is 3.29. The molecule has 128 valence electrons. The van der Waals surface area contributed by atoms with Gasteiger partial charge in [-0.1, -0.05) is 31.4 Å². The molecule has 1 amide bonds. The van der Waals surface area contributed by atoms with E-state index in [1.807, 2.05) is 41.9 Å². The van der Waals surface area contributed by atoms with Crippen LogP contribution in [-0.4, -0.2) is 28.8 Å². The Balaban J connectivity index is 1.82. The largest absolute Gasteiger partial charge is 0.497 e. The number of amides is 1. The second kappa shape index (κ2) is 7.51. The summed E-state index contributed by atoms with van der Waals surface area (Å²) >= 11 is 0. The fourth-order valence-corrected chi connectivity index (χ4v) is 3.29. The Morgan fingerprint density at radius 2 is 2.08 bits per heavy atom. The first-order valence-electron chi connectivity index (χ1n) is 8.74. The number of nitrogens with one attached hydrogen (secondary N) is 1. The van der Waals surface area contributed by atoms with E-state index in [0.29, 0.717) is 18.3 Å². The molecule has 1 fully saturated rings. The van der Waals surface area contributed by atoms with Crippen LogP contribution < -0.4 is 10.1 Å². The normalized spacial score (nSPS) is 15.2. The molecule has 0 aliphatic heterocycles. The Kier molecular flexibility index (Phi) is 5.18. The molecular formula is C19H25N3O2. The van der Waals surface area contributed by atoms with Gasteiger partial charge in [0, 0.05) is 18.2 Å². The molecule has 1 N–H and O–H groups in total. The Morgan fingerprint density at radius 1 is 1.29 bits per heavy atom. The van der Waals surface area contributed by atoms with Crippen molar-refractivity contribution in [3.63, 3.8) is 0 Å². The van der Waals surface area contributed by atoms with Gasteiger partial charge in [0.05, 0.1) is 12.8 Å². The minimum Gasteiger partial charge on any atom is -0.497 e. The molecule has 1 aliphatic rings. The lowest BCUT2D eigenvalue weighted by molar-refractivity contribution is 0.0922. The molecular weight excluding hydrogens is 302 g/mol. The first-order valence-corrected chi connectivity index (χ1v) is 8.74. The van der Waals surface area contributed by atoms with Gasteiger partial charge >= 0.3 is 0 Å². The maximum atomic E-state index is 12.5. The number of nitrogens with zero attached hydrogens (tertiary/aromatic N) is 2. The summed E-state index contributed by atoms with van der Waals surface area (Å²) in [4.78, 5) is 12.5. The first-order chi connectivity index (χ1) is 11.7. The number of aromatic nitrogens is 2. The Labute approximate surface area is 143 Å². The van der Waals surface area contributed by atoms with Crippen LogP contribution in [-0.2, 0) is 6.54 Å². The molecule has 2 aromatic rings. The summed E-state index contributed by atoms with van der Waals surface area (Å²) in [5.41, 5.74) is 2.42. The molecule has 3 rings (SSSR count). The van der Waals surface area contributed by atoms with E-state index in [-0.39, 0.29) is 5.91 Å². The van der Waals surface area contributed by atoms with Gasteiger partial charge in [-0.2, -0.15) is 5.10 Å². The SMILES string of the molecule is CCn1nc(C(=O)NC2CCCCC2)cc1-c1cccc(OC)c1. The van der Waals surface area contributed by atoms with Crippen molar-refractivity contribution in [3.05, 3.63) is 36.0 Å². The van der Waals surface area contributed by atoms with Gasteiger partial charge in [0.15, 0.2) is 5.69 Å². The summed E-state index contributed by atoms with van der Waals surface area (Å²) in [5.74, 6) is 0.725. The van der Waals surface area contributed by atoms with Crippen molar-refractivity contribution in [1.82, 2.24) is 15.1 Å². The minimum atomic E-state index is -0.0711. The highest BCUT2D eigenvalue weighted by atomic mass is 16.5. The average molecular weight is 327 g/mol. The molecule has 0 atom stereocenters. The number of ether oxygens (including phenoxy) is 1. The third-order valence-electron chi connectivity index (χ3n) is 4.62. The Morgan fingerprint density at radius 3 is 2.79 bits per heavy atom. The molecule has 0 radical (unpaired) electrons. The van der Waals surface area contributed by atoms with Crippen molar-refractivity contribution < 1.29 is 9.53 Å². The zero-order valence-electron chi connectivity index (χ0n) is 14.4. The van der Waals surface area contributed by atoms with Gasteiger partial charge in [0.1, 0.15) is 5.75 Å². The van der Waals surface area contributed by atoms with E-state index in [9.17, 15) is 4.79 Å². The van der Waals surface area contributed by atoms with Crippen molar-refractivity contribution >= 4 is 5.91 Å². The lowest BCUT2D eigenvalue weighted by Gasteiger charge is -2.22. The van der Waals surface area contributed by atoms with Crippen LogP contribution in [0.5, 0.6) is 5.75 Å². The topological polar surface area (TPSA) is 56.2 Å². The number of carbonyl (C=O) groups is 1. The maximum absolute atomic E-state index is 12.5. The maximum Gasteiger partial charge on any atom is 0.272 e. The van der Waals surface area contributed by atoms with Crippen LogP contribution in [0.25, 0.3) is 11.3 Å². The van der Waals surface area contributed by atoms with Crippen LogP contribution in [0.2, 0.25) is 0 Å². The summed E-state index contributed by atoms with van der Waals surface area (Å²) in [5, 5.41) is 7.62. The molecule has 0 spiro atoms. The molecule has 0 saturated heterocycles. The first kappa shape index (κ1) is 16.6. The highest BCUT2D eigenvalue weighted by molar-refractivity contribution is 5.93. The molecule has 0 bridgehead atoms. The Hall–Kier alpha value is -2.30. The van der Waals surface area contributed by atoms with Crippen LogP contribution in [0.15, 0.2) is 30.3 Å². The summed E-state index contributed by atoms with van der Waals surface area (Å²) < 4.78 is 7.16. The van der Waals surface area contributed by atoms with Gasteiger partial charge in [-0.15, -0.1) is 0 Å². The summed E-state index contributed by atoms with van der Waals surface area (Å²) in [6.07, 6.45) is 5.82. The van der Waals surface area contributed by atoms with Crippen molar-refractivity contribution in [2.45, 2.75) is 51.6 Å². The highest BCUT2D eigenvalue weighted by Crippen LogP contribution is 2.25. The van der Waals surface area contributed by atoms with E-state index >= 15 is 0 Å². The average Bonchev–Trinajstić information content (AvgIpc) is 3.07. The van der Waals surface area contributed by atoms with Crippen molar-refractivity contribution in [2.24, 2.45) is 0 Å². The van der Waals surface area contributed by atoms with Gasteiger partial charge in [0.25, 0.3) is 5.91 Å². The lowest BCUT2D eigenvalue weighted by atomic mass is 9.95. The number of rotatable bonds is 5. The number of benzene rings is 1. The van der Waals surface area contributed by atoms with Crippen molar-refractivity contribution in [1.29, 1.82) is 0 Å². The number of aryl methyl sites for hydroxylation is 1. The van der Waals surface area contributed by atoms with Crippen molar-refractivity contribution in [3.8, 4) is 17.0 Å². The van der Waals surface area contributed by atoms with Gasteiger partial charge in [-0.05, 0) is 38.0 Å². The molecule has 0 unspecified atom stereocenters.